The molecular formula is C2H6Na3O3P. The van der Waals surface area contributed by atoms with Crippen LogP contribution in [0.5, 0.6) is 0 Å². The minimum absolute atomic E-state index is 0. The summed E-state index contributed by atoms with van der Waals surface area (Å²) in [4.78, 5) is 29.1. The van der Waals surface area contributed by atoms with E-state index in [4.69, 9.17) is 0 Å². The second kappa shape index (κ2) is 6.79. The van der Waals surface area contributed by atoms with Gasteiger partial charge in [-0.2, -0.15) is 0 Å². The van der Waals surface area contributed by atoms with Crippen LogP contribution >= 0.6 is 7.28 Å². The van der Waals surface area contributed by atoms with Gasteiger partial charge in [0.05, 0.1) is 0 Å². The van der Waals surface area contributed by atoms with Crippen LogP contribution < -0.4 is 103 Å². The molecule has 0 aromatic heterocycles. The number of hydrogen-bond acceptors (Lipinski definition) is 3. The van der Waals surface area contributed by atoms with Crippen LogP contribution in [-0.2, 0) is 0 Å². The molecule has 9 heavy (non-hydrogen) atoms. The molecule has 0 aromatic rings. The summed E-state index contributed by atoms with van der Waals surface area (Å²) in [5.74, 6) is 0. The van der Waals surface area contributed by atoms with Crippen LogP contribution in [0.1, 0.15) is 0 Å². The summed E-state index contributed by atoms with van der Waals surface area (Å²) < 4.78 is 0. The van der Waals surface area contributed by atoms with Crippen molar-refractivity contribution < 1.29 is 103 Å². The topological polar surface area (TPSA) is 69.2 Å². The number of hydrogen-bond donors (Lipinski definition) is 0. The van der Waals surface area contributed by atoms with E-state index in [1.807, 2.05) is 0 Å². The second-order valence-corrected chi connectivity index (χ2v) is 5.30. The van der Waals surface area contributed by atoms with Gasteiger partial charge in [0.2, 0.25) is 0 Å². The molecule has 0 heterocycles. The monoisotopic (exact) mass is 178 g/mol. The van der Waals surface area contributed by atoms with E-state index in [0.29, 0.717) is 13.3 Å². The first-order valence-electron chi connectivity index (χ1n) is 1.44. The van der Waals surface area contributed by atoms with Crippen LogP contribution in [0.2, 0.25) is 0 Å². The van der Waals surface area contributed by atoms with Crippen molar-refractivity contribution in [2.45, 2.75) is 0 Å². The third-order valence-corrected chi connectivity index (χ3v) is 0. The molecule has 40 valence electrons. The third kappa shape index (κ3) is 89.5. The average molecular weight is 178 g/mol. The Morgan fingerprint density at radius 2 is 0.778 bits per heavy atom. The quantitative estimate of drug-likeness (QED) is 0.273. The third-order valence-electron chi connectivity index (χ3n) is 0. The predicted octanol–water partition coefficient (Wildman–Crippen LogP) is -11.4. The standard InChI is InChI=1S/C2H6O3P.3Na/c1-6(2,3,4)5;;;/h1-2H3;;;/q-3;3*+1. The summed E-state index contributed by atoms with van der Waals surface area (Å²) in [6.07, 6.45) is 0. The van der Waals surface area contributed by atoms with E-state index in [1.165, 1.54) is 0 Å². The molecule has 0 rings (SSSR count). The van der Waals surface area contributed by atoms with Crippen LogP contribution in [0.3, 0.4) is 0 Å². The maximum Gasteiger partial charge on any atom is 1.00 e. The Balaban J connectivity index is -0.0000000417. The minimum Gasteiger partial charge on any atom is 1.00 e. The van der Waals surface area contributed by atoms with Crippen molar-refractivity contribution in [2.24, 2.45) is 0 Å². The van der Waals surface area contributed by atoms with Gasteiger partial charge in [0.25, 0.3) is 0 Å². The van der Waals surface area contributed by atoms with Crippen molar-refractivity contribution in [3.63, 3.8) is 0 Å². The summed E-state index contributed by atoms with van der Waals surface area (Å²) in [5, 5.41) is 0. The maximum absolute atomic E-state index is 9.70. The van der Waals surface area contributed by atoms with Crippen molar-refractivity contribution in [2.75, 3.05) is 13.3 Å². The zero-order valence-electron chi connectivity index (χ0n) is 6.67. The molecule has 3 nitrogen and oxygen atoms in total. The summed E-state index contributed by atoms with van der Waals surface area (Å²) >= 11 is 0. The van der Waals surface area contributed by atoms with Gasteiger partial charge in [-0.3, -0.25) is 0 Å². The molecule has 0 spiro atoms. The fourth-order valence-corrected chi connectivity index (χ4v) is 0. The van der Waals surface area contributed by atoms with Gasteiger partial charge in [-0.15, -0.1) is 0 Å². The molecule has 0 atom stereocenters. The largest absolute Gasteiger partial charge is 1.00 e. The molecule has 0 bridgehead atoms. The van der Waals surface area contributed by atoms with Gasteiger partial charge in [0, 0.05) is 0 Å². The molecule has 0 saturated carbocycles. The van der Waals surface area contributed by atoms with Gasteiger partial charge in [-0.25, -0.2) is 0 Å². The first-order chi connectivity index (χ1) is 2.24. The summed E-state index contributed by atoms with van der Waals surface area (Å²) in [6, 6.07) is 0. The fraction of sp³-hybridized carbons (Fsp3) is 1.00. The Kier molecular flexibility index (Phi) is 17.2. The summed E-state index contributed by atoms with van der Waals surface area (Å²) in [6.45, 7) is 1.34. The molecule has 0 N–H and O–H groups in total. The van der Waals surface area contributed by atoms with Gasteiger partial charge < -0.3 is 0 Å². The normalized spacial score (nSPS) is 12.8. The number of rotatable bonds is 0. The Labute approximate surface area is 122 Å². The zero-order chi connectivity index (χ0) is 5.45. The second-order valence-electron chi connectivity index (χ2n) is 1.77. The van der Waals surface area contributed by atoms with Crippen molar-refractivity contribution in [1.29, 1.82) is 0 Å². The predicted molar refractivity (Wildman–Crippen MR) is 18.8 cm³/mol. The Morgan fingerprint density at radius 1 is 0.778 bits per heavy atom. The molecule has 0 aromatic carbocycles. The van der Waals surface area contributed by atoms with Crippen molar-refractivity contribution in [3.05, 3.63) is 0 Å². The van der Waals surface area contributed by atoms with E-state index in [-0.39, 0.29) is 88.7 Å². The van der Waals surface area contributed by atoms with Gasteiger partial charge >= 0.3 is 124 Å². The van der Waals surface area contributed by atoms with Crippen LogP contribution in [0.15, 0.2) is 0 Å². The molecule has 0 aliphatic rings. The molecule has 0 aliphatic carbocycles. The average Bonchev–Trinajstić information content (AvgIpc) is 0.650. The minimum atomic E-state index is -4.80. The van der Waals surface area contributed by atoms with Gasteiger partial charge in [0.1, 0.15) is 0 Å². The molecule has 0 radical (unpaired) electrons. The van der Waals surface area contributed by atoms with E-state index >= 15 is 0 Å². The molecule has 0 amide bonds. The maximum atomic E-state index is 9.70. The molecule has 0 saturated heterocycles. The zero-order valence-corrected chi connectivity index (χ0v) is 13.6. The van der Waals surface area contributed by atoms with Crippen molar-refractivity contribution in [1.82, 2.24) is 0 Å². The van der Waals surface area contributed by atoms with E-state index < -0.39 is 7.28 Å². The van der Waals surface area contributed by atoms with Crippen molar-refractivity contribution >= 4 is 7.28 Å². The fourth-order valence-electron chi connectivity index (χ4n) is 0. The Hall–Kier alpha value is 3.31. The van der Waals surface area contributed by atoms with Crippen molar-refractivity contribution in [3.8, 4) is 0 Å². The molecular weight excluding hydrogens is 172 g/mol. The van der Waals surface area contributed by atoms with Gasteiger partial charge in [-0.1, -0.05) is 0 Å². The van der Waals surface area contributed by atoms with E-state index in [0.717, 1.165) is 0 Å². The smallest absolute Gasteiger partial charge is 1.00 e. The molecule has 0 fully saturated rings. The molecule has 0 unspecified atom stereocenters. The molecule has 0 aliphatic heterocycles. The molecule has 7 heteroatoms. The van der Waals surface area contributed by atoms with E-state index in [9.17, 15) is 14.7 Å². The summed E-state index contributed by atoms with van der Waals surface area (Å²) in [7, 11) is -4.80. The Bertz CT molecular complexity index is 50.2. The van der Waals surface area contributed by atoms with Gasteiger partial charge in [0.15, 0.2) is 0 Å². The van der Waals surface area contributed by atoms with Crippen LogP contribution in [0, 0.1) is 0 Å². The van der Waals surface area contributed by atoms with E-state index in [2.05, 4.69) is 0 Å². The summed E-state index contributed by atoms with van der Waals surface area (Å²) in [5.41, 5.74) is 0. The van der Waals surface area contributed by atoms with Crippen LogP contribution in [0.4, 0.5) is 0 Å². The van der Waals surface area contributed by atoms with Gasteiger partial charge in [-0.05, 0) is 0 Å². The van der Waals surface area contributed by atoms with Crippen LogP contribution in [-0.4, -0.2) is 13.3 Å². The first-order valence-corrected chi connectivity index (χ1v) is 4.33. The Morgan fingerprint density at radius 3 is 0.778 bits per heavy atom. The van der Waals surface area contributed by atoms with E-state index in [1.54, 1.807) is 0 Å². The SMILES string of the molecule is CP(C)([O-])([O-])[O-].[Na+].[Na+].[Na+]. The first kappa shape index (κ1) is 22.8. The van der Waals surface area contributed by atoms with Crippen LogP contribution in [0.25, 0.3) is 0 Å².